The van der Waals surface area contributed by atoms with Gasteiger partial charge in [-0.25, -0.2) is 0 Å². The molecule has 0 radical (unpaired) electrons. The van der Waals surface area contributed by atoms with Gasteiger partial charge in [-0.15, -0.1) is 0 Å². The van der Waals surface area contributed by atoms with Crippen molar-refractivity contribution in [1.82, 2.24) is 9.88 Å². The molecule has 23 heavy (non-hydrogen) atoms. The average Bonchev–Trinajstić information content (AvgIpc) is 2.76. The standard InChI is InChI=1S/C18H27N3O2/c1-13(2)6-8-21-14(3)10-16(15(21)4)11-17(12-19)18(22)20-7-9-23-5/h10-11,13H,6-9H2,1-5H3,(H,20,22). The van der Waals surface area contributed by atoms with E-state index in [1.165, 1.54) is 0 Å². The Kier molecular flexibility index (Phi) is 7.56. The Morgan fingerprint density at radius 2 is 2.17 bits per heavy atom. The van der Waals surface area contributed by atoms with Crippen LogP contribution in [0.2, 0.25) is 0 Å². The summed E-state index contributed by atoms with van der Waals surface area (Å²) in [5.74, 6) is 0.271. The van der Waals surface area contributed by atoms with Crippen LogP contribution in [0, 0.1) is 31.1 Å². The lowest BCUT2D eigenvalue weighted by Gasteiger charge is -2.11. The number of aromatic nitrogens is 1. The van der Waals surface area contributed by atoms with Crippen molar-refractivity contribution in [2.45, 2.75) is 40.7 Å². The highest BCUT2D eigenvalue weighted by molar-refractivity contribution is 6.01. The van der Waals surface area contributed by atoms with E-state index in [2.05, 4.69) is 30.7 Å². The second kappa shape index (κ2) is 9.16. The molecule has 0 unspecified atom stereocenters. The maximum Gasteiger partial charge on any atom is 0.262 e. The van der Waals surface area contributed by atoms with E-state index in [9.17, 15) is 10.1 Å². The Balaban J connectivity index is 2.94. The van der Waals surface area contributed by atoms with Gasteiger partial charge in [0.25, 0.3) is 5.91 Å². The number of nitrogens with one attached hydrogen (secondary N) is 1. The zero-order valence-corrected chi connectivity index (χ0v) is 14.8. The maximum atomic E-state index is 12.0. The Morgan fingerprint density at radius 1 is 1.48 bits per heavy atom. The molecular weight excluding hydrogens is 290 g/mol. The molecule has 0 spiro atoms. The van der Waals surface area contributed by atoms with E-state index >= 15 is 0 Å². The molecule has 1 aromatic heterocycles. The average molecular weight is 317 g/mol. The van der Waals surface area contributed by atoms with Crippen molar-refractivity contribution >= 4 is 12.0 Å². The highest BCUT2D eigenvalue weighted by Crippen LogP contribution is 2.19. The zero-order chi connectivity index (χ0) is 17.4. The summed E-state index contributed by atoms with van der Waals surface area (Å²) in [4.78, 5) is 12.0. The van der Waals surface area contributed by atoms with Crippen LogP contribution in [0.25, 0.3) is 6.08 Å². The molecule has 0 saturated carbocycles. The summed E-state index contributed by atoms with van der Waals surface area (Å²) in [6, 6.07) is 4.01. The number of nitrogens with zero attached hydrogens (tertiary/aromatic N) is 2. The first kappa shape index (κ1) is 19.0. The largest absolute Gasteiger partial charge is 0.383 e. The summed E-state index contributed by atoms with van der Waals surface area (Å²) in [5.41, 5.74) is 3.27. The number of amides is 1. The minimum Gasteiger partial charge on any atom is -0.383 e. The maximum absolute atomic E-state index is 12.0. The summed E-state index contributed by atoms with van der Waals surface area (Å²) < 4.78 is 7.13. The van der Waals surface area contributed by atoms with Crippen LogP contribution < -0.4 is 5.32 Å². The van der Waals surface area contributed by atoms with Gasteiger partial charge in [-0.2, -0.15) is 5.26 Å². The van der Waals surface area contributed by atoms with Gasteiger partial charge in [-0.3, -0.25) is 4.79 Å². The Morgan fingerprint density at radius 3 is 2.74 bits per heavy atom. The number of methoxy groups -OCH3 is 1. The van der Waals surface area contributed by atoms with Crippen LogP contribution >= 0.6 is 0 Å². The molecule has 1 amide bonds. The first-order valence-electron chi connectivity index (χ1n) is 7.96. The number of rotatable bonds is 8. The quantitative estimate of drug-likeness (QED) is 0.455. The third-order valence-corrected chi connectivity index (χ3v) is 3.80. The molecule has 0 aliphatic rings. The van der Waals surface area contributed by atoms with Gasteiger partial charge in [0.1, 0.15) is 11.6 Å². The molecule has 0 atom stereocenters. The molecule has 0 fully saturated rings. The smallest absolute Gasteiger partial charge is 0.262 e. The Bertz CT molecular complexity index is 607. The molecule has 126 valence electrons. The van der Waals surface area contributed by atoms with Crippen LogP contribution in [-0.4, -0.2) is 30.7 Å². The lowest BCUT2D eigenvalue weighted by Crippen LogP contribution is -2.27. The number of nitriles is 1. The molecule has 0 saturated heterocycles. The first-order chi connectivity index (χ1) is 10.9. The van der Waals surface area contributed by atoms with Gasteiger partial charge in [0.2, 0.25) is 0 Å². The molecule has 1 rings (SSSR count). The Labute approximate surface area is 138 Å². The number of carbonyl (C=O) groups excluding carboxylic acids is 1. The molecule has 0 aliphatic heterocycles. The van der Waals surface area contributed by atoms with Crippen molar-refractivity contribution in [1.29, 1.82) is 5.26 Å². The molecule has 1 aromatic rings. The molecule has 5 heteroatoms. The van der Waals surface area contributed by atoms with Crippen molar-refractivity contribution in [2.24, 2.45) is 5.92 Å². The van der Waals surface area contributed by atoms with Crippen molar-refractivity contribution in [3.8, 4) is 6.07 Å². The van der Waals surface area contributed by atoms with Gasteiger partial charge >= 0.3 is 0 Å². The van der Waals surface area contributed by atoms with Crippen LogP contribution in [0.3, 0.4) is 0 Å². The minimum absolute atomic E-state index is 0.116. The van der Waals surface area contributed by atoms with Gasteiger partial charge in [-0.1, -0.05) is 13.8 Å². The number of hydrogen-bond donors (Lipinski definition) is 1. The molecule has 0 aromatic carbocycles. The highest BCUT2D eigenvalue weighted by atomic mass is 16.5. The van der Waals surface area contributed by atoms with Crippen molar-refractivity contribution < 1.29 is 9.53 Å². The number of ether oxygens (including phenoxy) is 1. The molecule has 0 aliphatic carbocycles. The summed E-state index contributed by atoms with van der Waals surface area (Å²) in [6.07, 6.45) is 2.76. The second-order valence-electron chi connectivity index (χ2n) is 6.08. The van der Waals surface area contributed by atoms with Crippen LogP contribution in [0.1, 0.15) is 37.2 Å². The highest BCUT2D eigenvalue weighted by Gasteiger charge is 2.12. The van der Waals surface area contributed by atoms with E-state index < -0.39 is 0 Å². The lowest BCUT2D eigenvalue weighted by atomic mass is 10.1. The minimum atomic E-state index is -0.364. The third kappa shape index (κ3) is 5.57. The van der Waals surface area contributed by atoms with Gasteiger partial charge < -0.3 is 14.6 Å². The number of hydrogen-bond acceptors (Lipinski definition) is 3. The second-order valence-corrected chi connectivity index (χ2v) is 6.08. The van der Waals surface area contributed by atoms with E-state index in [0.717, 1.165) is 29.9 Å². The fourth-order valence-electron chi connectivity index (χ4n) is 2.37. The predicted molar refractivity (Wildman–Crippen MR) is 91.8 cm³/mol. The number of aryl methyl sites for hydroxylation is 1. The van der Waals surface area contributed by atoms with Crippen LogP contribution in [0.15, 0.2) is 11.6 Å². The van der Waals surface area contributed by atoms with E-state index in [-0.39, 0.29) is 11.5 Å². The van der Waals surface area contributed by atoms with Gasteiger partial charge in [0, 0.05) is 31.6 Å². The summed E-state index contributed by atoms with van der Waals surface area (Å²) >= 11 is 0. The zero-order valence-electron chi connectivity index (χ0n) is 14.8. The van der Waals surface area contributed by atoms with Crippen LogP contribution in [0.5, 0.6) is 0 Å². The lowest BCUT2D eigenvalue weighted by molar-refractivity contribution is -0.117. The molecule has 1 heterocycles. The predicted octanol–water partition coefficient (Wildman–Crippen LogP) is 2.82. The fourth-order valence-corrected chi connectivity index (χ4v) is 2.37. The first-order valence-corrected chi connectivity index (χ1v) is 7.96. The van der Waals surface area contributed by atoms with Gasteiger partial charge in [0.15, 0.2) is 0 Å². The van der Waals surface area contributed by atoms with Crippen LogP contribution in [0.4, 0.5) is 0 Å². The molecule has 0 bridgehead atoms. The van der Waals surface area contributed by atoms with Gasteiger partial charge in [-0.05, 0) is 43.9 Å². The number of carbonyl (C=O) groups is 1. The van der Waals surface area contributed by atoms with E-state index in [0.29, 0.717) is 19.1 Å². The summed E-state index contributed by atoms with van der Waals surface area (Å²) in [7, 11) is 1.57. The van der Waals surface area contributed by atoms with E-state index in [1.54, 1.807) is 13.2 Å². The summed E-state index contributed by atoms with van der Waals surface area (Å²) in [6.45, 7) is 10.2. The van der Waals surface area contributed by atoms with E-state index in [1.807, 2.05) is 19.1 Å². The molecule has 1 N–H and O–H groups in total. The topological polar surface area (TPSA) is 67.0 Å². The SMILES string of the molecule is COCCNC(=O)C(C#N)=Cc1cc(C)n(CCC(C)C)c1C. The van der Waals surface area contributed by atoms with Crippen molar-refractivity contribution in [3.05, 3.63) is 28.6 Å². The fraction of sp³-hybridized carbons (Fsp3) is 0.556. The van der Waals surface area contributed by atoms with Crippen LogP contribution in [-0.2, 0) is 16.1 Å². The summed E-state index contributed by atoms with van der Waals surface area (Å²) in [5, 5.41) is 11.9. The van der Waals surface area contributed by atoms with Crippen molar-refractivity contribution in [2.75, 3.05) is 20.3 Å². The Hall–Kier alpha value is -2.06. The molecular formula is C18H27N3O2. The van der Waals surface area contributed by atoms with E-state index in [4.69, 9.17) is 4.74 Å². The monoisotopic (exact) mass is 317 g/mol. The molecule has 5 nitrogen and oxygen atoms in total. The third-order valence-electron chi connectivity index (χ3n) is 3.80. The van der Waals surface area contributed by atoms with Gasteiger partial charge in [0.05, 0.1) is 6.61 Å². The van der Waals surface area contributed by atoms with Crippen molar-refractivity contribution in [3.63, 3.8) is 0 Å². The normalized spacial score (nSPS) is 11.6.